The van der Waals surface area contributed by atoms with Gasteiger partial charge >= 0.3 is 12.4 Å². The molecule has 0 aromatic heterocycles. The molecule has 1 atom stereocenters. The minimum atomic E-state index is -5.02. The van der Waals surface area contributed by atoms with Crippen molar-refractivity contribution in [1.29, 1.82) is 0 Å². The molecule has 1 rings (SSSR count). The van der Waals surface area contributed by atoms with Gasteiger partial charge in [-0.2, -0.15) is 26.3 Å². The van der Waals surface area contributed by atoms with E-state index in [1.807, 2.05) is 5.32 Å². The van der Waals surface area contributed by atoms with Gasteiger partial charge in [-0.25, -0.2) is 0 Å². The van der Waals surface area contributed by atoms with E-state index in [1.165, 1.54) is 0 Å². The van der Waals surface area contributed by atoms with E-state index < -0.39 is 51.6 Å². The number of benzene rings is 1. The van der Waals surface area contributed by atoms with Gasteiger partial charge in [-0.1, -0.05) is 0 Å². The number of anilines is 1. The zero-order chi connectivity index (χ0) is 18.5. The molecule has 0 bridgehead atoms. The Hall–Kier alpha value is -1.62. The molecule has 1 unspecified atom stereocenters. The van der Waals surface area contributed by atoms with E-state index in [4.69, 9.17) is 5.11 Å². The van der Waals surface area contributed by atoms with Gasteiger partial charge in [-0.15, -0.1) is 0 Å². The van der Waals surface area contributed by atoms with Crippen LogP contribution in [0.4, 0.5) is 32.0 Å². The fourth-order valence-electron chi connectivity index (χ4n) is 1.67. The van der Waals surface area contributed by atoms with Gasteiger partial charge in [0.05, 0.1) is 11.1 Å². The standard InChI is InChI=1S/C13H13F6NO3S/c14-12(15,16)8-4-9(13(17,18)19)6-10(5-8)20-11(22)7-24(23)3-1-2-21/h4-6,21H,1-3,7H2,(H,20,22). The number of carbonyl (C=O) groups is 1. The third kappa shape index (κ3) is 6.48. The topological polar surface area (TPSA) is 66.4 Å². The molecule has 0 spiro atoms. The number of alkyl halides is 6. The zero-order valence-corrected chi connectivity index (χ0v) is 12.8. The van der Waals surface area contributed by atoms with Crippen LogP contribution in [0, 0.1) is 0 Å². The Morgan fingerprint density at radius 2 is 1.54 bits per heavy atom. The first-order valence-electron chi connectivity index (χ1n) is 6.48. The van der Waals surface area contributed by atoms with Crippen LogP contribution in [0.25, 0.3) is 0 Å². The van der Waals surface area contributed by atoms with Crippen molar-refractivity contribution in [2.45, 2.75) is 18.8 Å². The Bertz CT molecular complexity index is 582. The summed E-state index contributed by atoms with van der Waals surface area (Å²) in [6.45, 7) is -0.254. The fourth-order valence-corrected chi connectivity index (χ4v) is 2.63. The summed E-state index contributed by atoms with van der Waals surface area (Å²) in [6.07, 6.45) is -9.89. The van der Waals surface area contributed by atoms with Gasteiger partial charge in [-0.05, 0) is 24.6 Å². The van der Waals surface area contributed by atoms with Crippen LogP contribution >= 0.6 is 0 Å². The lowest BCUT2D eigenvalue weighted by Crippen LogP contribution is -2.22. The summed E-state index contributed by atoms with van der Waals surface area (Å²) in [5.74, 6) is -1.60. The quantitative estimate of drug-likeness (QED) is 0.750. The first-order valence-corrected chi connectivity index (χ1v) is 7.97. The molecule has 24 heavy (non-hydrogen) atoms. The SMILES string of the molecule is O=C(CS(=O)CCCO)Nc1cc(C(F)(F)F)cc(C(F)(F)F)c1. The maximum absolute atomic E-state index is 12.7. The summed E-state index contributed by atoms with van der Waals surface area (Å²) in [4.78, 5) is 11.6. The molecule has 0 aliphatic rings. The number of aliphatic hydroxyl groups is 1. The monoisotopic (exact) mass is 377 g/mol. The molecular formula is C13H13F6NO3S. The van der Waals surface area contributed by atoms with Gasteiger partial charge in [0.15, 0.2) is 0 Å². The molecule has 1 aromatic carbocycles. The lowest BCUT2D eigenvalue weighted by Gasteiger charge is -2.14. The average Bonchev–Trinajstić information content (AvgIpc) is 2.42. The molecule has 0 aliphatic carbocycles. The number of rotatable bonds is 6. The highest BCUT2D eigenvalue weighted by Gasteiger charge is 2.37. The number of hydrogen-bond donors (Lipinski definition) is 2. The molecule has 0 aliphatic heterocycles. The van der Waals surface area contributed by atoms with Gasteiger partial charge in [-0.3, -0.25) is 9.00 Å². The van der Waals surface area contributed by atoms with E-state index in [0.717, 1.165) is 0 Å². The highest BCUT2D eigenvalue weighted by atomic mass is 32.2. The summed E-state index contributed by atoms with van der Waals surface area (Å²) in [7, 11) is -1.69. The smallest absolute Gasteiger partial charge is 0.396 e. The normalized spacial score (nSPS) is 13.6. The molecule has 0 radical (unpaired) electrons. The predicted molar refractivity (Wildman–Crippen MR) is 74.7 cm³/mol. The van der Waals surface area contributed by atoms with Crippen LogP contribution < -0.4 is 5.32 Å². The third-order valence-electron chi connectivity index (χ3n) is 2.69. The van der Waals surface area contributed by atoms with Crippen LogP contribution in [0.5, 0.6) is 0 Å². The second-order valence-electron chi connectivity index (χ2n) is 4.71. The Labute approximate surface area is 135 Å². The molecular weight excluding hydrogens is 364 g/mol. The number of amides is 1. The Kier molecular flexibility index (Phi) is 6.78. The van der Waals surface area contributed by atoms with Gasteiger partial charge in [0.25, 0.3) is 0 Å². The fraction of sp³-hybridized carbons (Fsp3) is 0.462. The van der Waals surface area contributed by atoms with Crippen molar-refractivity contribution >= 4 is 22.4 Å². The Morgan fingerprint density at radius 3 is 1.96 bits per heavy atom. The average molecular weight is 377 g/mol. The first kappa shape index (κ1) is 20.4. The van der Waals surface area contributed by atoms with E-state index in [1.54, 1.807) is 0 Å². The first-order chi connectivity index (χ1) is 10.9. The van der Waals surface area contributed by atoms with E-state index in [-0.39, 0.29) is 24.8 Å². The largest absolute Gasteiger partial charge is 0.416 e. The molecule has 11 heteroatoms. The van der Waals surface area contributed by atoms with Crippen LogP contribution in [0.3, 0.4) is 0 Å². The maximum Gasteiger partial charge on any atom is 0.416 e. The lowest BCUT2D eigenvalue weighted by molar-refractivity contribution is -0.143. The number of aliphatic hydroxyl groups excluding tert-OH is 1. The molecule has 0 heterocycles. The van der Waals surface area contributed by atoms with Crippen molar-refractivity contribution in [3.05, 3.63) is 29.3 Å². The van der Waals surface area contributed by atoms with Gasteiger partial charge in [0.2, 0.25) is 5.91 Å². The van der Waals surface area contributed by atoms with E-state index in [2.05, 4.69) is 0 Å². The second-order valence-corrected chi connectivity index (χ2v) is 6.28. The molecule has 0 saturated heterocycles. The molecule has 2 N–H and O–H groups in total. The van der Waals surface area contributed by atoms with Crippen molar-refractivity contribution in [3.63, 3.8) is 0 Å². The summed E-state index contributed by atoms with van der Waals surface area (Å²) in [5.41, 5.74) is -3.82. The highest BCUT2D eigenvalue weighted by molar-refractivity contribution is 7.85. The minimum absolute atomic E-state index is 0.0136. The highest BCUT2D eigenvalue weighted by Crippen LogP contribution is 2.37. The van der Waals surface area contributed by atoms with Crippen molar-refractivity contribution in [2.75, 3.05) is 23.4 Å². The van der Waals surface area contributed by atoms with Crippen molar-refractivity contribution in [1.82, 2.24) is 0 Å². The van der Waals surface area contributed by atoms with Crippen molar-refractivity contribution < 1.29 is 40.5 Å². The summed E-state index contributed by atoms with van der Waals surface area (Å²) < 4.78 is 87.5. The second kappa shape index (κ2) is 7.97. The number of carbonyl (C=O) groups excluding carboxylic acids is 1. The number of halogens is 6. The van der Waals surface area contributed by atoms with E-state index in [0.29, 0.717) is 12.1 Å². The van der Waals surface area contributed by atoms with Crippen molar-refractivity contribution in [2.24, 2.45) is 0 Å². The van der Waals surface area contributed by atoms with Gasteiger partial charge in [0, 0.05) is 28.8 Å². The lowest BCUT2D eigenvalue weighted by atomic mass is 10.1. The van der Waals surface area contributed by atoms with Crippen LogP contribution in [-0.2, 0) is 27.9 Å². The van der Waals surface area contributed by atoms with E-state index >= 15 is 0 Å². The van der Waals surface area contributed by atoms with Gasteiger partial charge in [0.1, 0.15) is 5.75 Å². The van der Waals surface area contributed by atoms with Crippen LogP contribution in [0.2, 0.25) is 0 Å². The zero-order valence-electron chi connectivity index (χ0n) is 12.0. The predicted octanol–water partition coefficient (Wildman–Crippen LogP) is 2.79. The molecule has 0 saturated carbocycles. The van der Waals surface area contributed by atoms with E-state index in [9.17, 15) is 35.3 Å². The molecule has 1 aromatic rings. The summed E-state index contributed by atoms with van der Waals surface area (Å²) in [6, 6.07) is 0.669. The number of nitrogens with one attached hydrogen (secondary N) is 1. The summed E-state index contributed by atoms with van der Waals surface area (Å²) >= 11 is 0. The molecule has 136 valence electrons. The third-order valence-corrected chi connectivity index (χ3v) is 4.02. The minimum Gasteiger partial charge on any atom is -0.396 e. The number of hydrogen-bond acceptors (Lipinski definition) is 3. The van der Waals surface area contributed by atoms with Gasteiger partial charge < -0.3 is 10.4 Å². The molecule has 4 nitrogen and oxygen atoms in total. The maximum atomic E-state index is 12.7. The Balaban J connectivity index is 2.98. The molecule has 0 fully saturated rings. The molecule has 1 amide bonds. The van der Waals surface area contributed by atoms with Crippen LogP contribution in [-0.4, -0.2) is 33.3 Å². The van der Waals surface area contributed by atoms with Crippen LogP contribution in [0.15, 0.2) is 18.2 Å². The van der Waals surface area contributed by atoms with Crippen molar-refractivity contribution in [3.8, 4) is 0 Å². The summed E-state index contributed by atoms with van der Waals surface area (Å²) in [5, 5.41) is 10.4. The Morgan fingerprint density at radius 1 is 1.04 bits per heavy atom. The van der Waals surface area contributed by atoms with Crippen LogP contribution in [0.1, 0.15) is 17.5 Å².